The van der Waals surface area contributed by atoms with Gasteiger partial charge in [0.15, 0.2) is 0 Å². The lowest BCUT2D eigenvalue weighted by Crippen LogP contribution is -2.50. The average Bonchev–Trinajstić information content (AvgIpc) is 2.90. The molecule has 200 valence electrons. The van der Waals surface area contributed by atoms with Crippen molar-refractivity contribution in [3.05, 3.63) is 59.3 Å². The highest BCUT2D eigenvalue weighted by atomic mass is 16.5. The van der Waals surface area contributed by atoms with Crippen LogP contribution in [-0.4, -0.2) is 47.3 Å². The van der Waals surface area contributed by atoms with E-state index in [9.17, 15) is 14.7 Å². The molecule has 1 fully saturated rings. The first-order valence-corrected chi connectivity index (χ1v) is 13.9. The second kappa shape index (κ2) is 12.5. The van der Waals surface area contributed by atoms with Crippen molar-refractivity contribution in [2.75, 3.05) is 18.5 Å². The lowest BCUT2D eigenvalue weighted by Gasteiger charge is -2.36. The summed E-state index contributed by atoms with van der Waals surface area (Å²) in [6, 6.07) is 13.0. The van der Waals surface area contributed by atoms with E-state index >= 15 is 0 Å². The Morgan fingerprint density at radius 2 is 1.92 bits per heavy atom. The van der Waals surface area contributed by atoms with E-state index in [4.69, 9.17) is 9.72 Å². The van der Waals surface area contributed by atoms with E-state index in [2.05, 4.69) is 22.8 Å². The fourth-order valence-corrected chi connectivity index (χ4v) is 5.68. The first-order valence-electron chi connectivity index (χ1n) is 13.9. The minimum absolute atomic E-state index is 0.169. The van der Waals surface area contributed by atoms with E-state index in [1.54, 1.807) is 0 Å². The number of carbonyl (C=O) groups is 2. The molecule has 1 saturated carbocycles. The van der Waals surface area contributed by atoms with Gasteiger partial charge < -0.3 is 20.5 Å². The van der Waals surface area contributed by atoms with Gasteiger partial charge in [-0.25, -0.2) is 9.78 Å². The van der Waals surface area contributed by atoms with Crippen LogP contribution in [0.15, 0.2) is 42.5 Å². The standard InChI is InChI=1S/C30H41N3O4/c1-3-30(4-2,23-10-6-5-7-11-23)29(36)33-26(28(34)35)16-18-37-25-19-21(20-25)12-14-24-15-13-22-9-8-17-31-27(22)32-24/h5-7,10-11,13,15,21,25-26H,3-4,8-9,12,14,16-20H2,1-2H3,(H,31,32)(H,33,36)(H,34,35)/t21-,25-,26?. The van der Waals surface area contributed by atoms with Gasteiger partial charge in [0, 0.05) is 25.3 Å². The summed E-state index contributed by atoms with van der Waals surface area (Å²) in [7, 11) is 0. The number of nitrogens with one attached hydrogen (secondary N) is 2. The highest BCUT2D eigenvalue weighted by molar-refractivity contribution is 5.91. The Morgan fingerprint density at radius 3 is 2.62 bits per heavy atom. The third-order valence-electron chi connectivity index (χ3n) is 8.28. The first kappa shape index (κ1) is 27.1. The Labute approximate surface area is 220 Å². The van der Waals surface area contributed by atoms with E-state index in [0.717, 1.165) is 55.7 Å². The molecule has 0 bridgehead atoms. The number of hydrogen-bond acceptors (Lipinski definition) is 5. The number of carboxylic acid groups (broad SMARTS) is 1. The molecule has 37 heavy (non-hydrogen) atoms. The molecule has 7 heteroatoms. The van der Waals surface area contributed by atoms with Crippen LogP contribution in [0.1, 0.15) is 75.6 Å². The number of carboxylic acids is 1. The lowest BCUT2D eigenvalue weighted by atomic mass is 9.75. The van der Waals surface area contributed by atoms with E-state index in [1.807, 2.05) is 44.2 Å². The minimum atomic E-state index is -1.02. The van der Waals surface area contributed by atoms with Crippen molar-refractivity contribution in [1.29, 1.82) is 0 Å². The molecule has 1 unspecified atom stereocenters. The smallest absolute Gasteiger partial charge is 0.326 e. The third-order valence-corrected chi connectivity index (χ3v) is 8.28. The highest BCUT2D eigenvalue weighted by Gasteiger charge is 2.38. The summed E-state index contributed by atoms with van der Waals surface area (Å²) in [5, 5.41) is 16.0. The number of rotatable bonds is 13. The maximum atomic E-state index is 13.3. The van der Waals surface area contributed by atoms with Crippen molar-refractivity contribution >= 4 is 17.7 Å². The van der Waals surface area contributed by atoms with E-state index < -0.39 is 17.4 Å². The number of aliphatic carboxylic acids is 1. The normalized spacial score (nSPS) is 19.7. The van der Waals surface area contributed by atoms with Gasteiger partial charge in [-0.15, -0.1) is 0 Å². The average molecular weight is 508 g/mol. The predicted molar refractivity (Wildman–Crippen MR) is 145 cm³/mol. The molecule has 2 heterocycles. The number of fused-ring (bicyclic) bond motifs is 1. The Hall–Kier alpha value is -2.93. The van der Waals surface area contributed by atoms with Crippen molar-refractivity contribution in [3.63, 3.8) is 0 Å². The summed E-state index contributed by atoms with van der Waals surface area (Å²) in [4.78, 5) is 30.0. The molecule has 0 radical (unpaired) electrons. The second-order valence-corrected chi connectivity index (χ2v) is 10.5. The molecular weight excluding hydrogens is 466 g/mol. The van der Waals surface area contributed by atoms with Crippen LogP contribution in [0.4, 0.5) is 5.82 Å². The highest BCUT2D eigenvalue weighted by Crippen LogP contribution is 2.34. The zero-order chi connectivity index (χ0) is 26.3. The monoisotopic (exact) mass is 507 g/mol. The van der Waals surface area contributed by atoms with Crippen LogP contribution in [-0.2, 0) is 32.6 Å². The zero-order valence-electron chi connectivity index (χ0n) is 22.2. The van der Waals surface area contributed by atoms with Crippen molar-refractivity contribution < 1.29 is 19.4 Å². The topological polar surface area (TPSA) is 101 Å². The van der Waals surface area contributed by atoms with Crippen molar-refractivity contribution in [3.8, 4) is 0 Å². The molecule has 1 aliphatic carbocycles. The number of anilines is 1. The lowest BCUT2D eigenvalue weighted by molar-refractivity contribution is -0.144. The Balaban J connectivity index is 1.20. The van der Waals surface area contributed by atoms with Gasteiger partial charge in [-0.05, 0) is 74.5 Å². The van der Waals surface area contributed by atoms with Crippen LogP contribution in [0.5, 0.6) is 0 Å². The number of benzene rings is 1. The predicted octanol–water partition coefficient (Wildman–Crippen LogP) is 4.89. The second-order valence-electron chi connectivity index (χ2n) is 10.5. The summed E-state index contributed by atoms with van der Waals surface area (Å²) in [6.45, 7) is 5.27. The minimum Gasteiger partial charge on any atom is -0.480 e. The summed E-state index contributed by atoms with van der Waals surface area (Å²) >= 11 is 0. The molecule has 2 aliphatic rings. The van der Waals surface area contributed by atoms with E-state index in [-0.39, 0.29) is 18.4 Å². The van der Waals surface area contributed by atoms with Crippen LogP contribution in [0.3, 0.4) is 0 Å². The number of pyridine rings is 1. The SMILES string of the molecule is CCC(CC)(C(=O)NC(CCO[C@H]1C[C@H](CCc2ccc3c(n2)NCCC3)C1)C(=O)O)c1ccccc1. The van der Waals surface area contributed by atoms with Crippen LogP contribution < -0.4 is 10.6 Å². The third kappa shape index (κ3) is 6.50. The molecule has 1 amide bonds. The van der Waals surface area contributed by atoms with E-state index in [0.29, 0.717) is 25.4 Å². The molecular formula is C30H41N3O4. The van der Waals surface area contributed by atoms with Gasteiger partial charge in [0.2, 0.25) is 5.91 Å². The quantitative estimate of drug-likeness (QED) is 0.357. The molecule has 1 aromatic carbocycles. The Kier molecular flexibility index (Phi) is 9.19. The maximum Gasteiger partial charge on any atom is 0.326 e. The molecule has 0 saturated heterocycles. The molecule has 4 rings (SSSR count). The number of aromatic nitrogens is 1. The number of hydrogen-bond donors (Lipinski definition) is 3. The number of aryl methyl sites for hydroxylation is 2. The molecule has 2 aromatic rings. The van der Waals surface area contributed by atoms with Gasteiger partial charge >= 0.3 is 5.97 Å². The summed E-state index contributed by atoms with van der Waals surface area (Å²) in [5.41, 5.74) is 2.64. The van der Waals surface area contributed by atoms with Crippen LogP contribution in [0.25, 0.3) is 0 Å². The largest absolute Gasteiger partial charge is 0.480 e. The number of ether oxygens (including phenoxy) is 1. The summed E-state index contributed by atoms with van der Waals surface area (Å²) in [5.74, 6) is 0.416. The summed E-state index contributed by atoms with van der Waals surface area (Å²) in [6.07, 6.45) is 7.96. The van der Waals surface area contributed by atoms with Gasteiger partial charge in [0.1, 0.15) is 11.9 Å². The van der Waals surface area contributed by atoms with Crippen LogP contribution >= 0.6 is 0 Å². The van der Waals surface area contributed by atoms with Gasteiger partial charge in [0.05, 0.1) is 11.5 Å². The first-order chi connectivity index (χ1) is 17.9. The van der Waals surface area contributed by atoms with Gasteiger partial charge in [0.25, 0.3) is 0 Å². The van der Waals surface area contributed by atoms with E-state index in [1.165, 1.54) is 12.0 Å². The maximum absolute atomic E-state index is 13.3. The van der Waals surface area contributed by atoms with Crippen molar-refractivity contribution in [2.24, 2.45) is 5.92 Å². The molecule has 0 spiro atoms. The van der Waals surface area contributed by atoms with Crippen molar-refractivity contribution in [1.82, 2.24) is 10.3 Å². The van der Waals surface area contributed by atoms with Crippen molar-refractivity contribution in [2.45, 2.75) is 89.2 Å². The Morgan fingerprint density at radius 1 is 1.16 bits per heavy atom. The fourth-order valence-electron chi connectivity index (χ4n) is 5.68. The van der Waals surface area contributed by atoms with Crippen LogP contribution in [0, 0.1) is 5.92 Å². The Bertz CT molecular complexity index is 1050. The zero-order valence-corrected chi connectivity index (χ0v) is 22.2. The number of carbonyl (C=O) groups excluding carboxylic acids is 1. The summed E-state index contributed by atoms with van der Waals surface area (Å²) < 4.78 is 5.98. The molecule has 1 atom stereocenters. The molecule has 1 aliphatic heterocycles. The number of nitrogens with zero attached hydrogens (tertiary/aromatic N) is 1. The number of amides is 1. The van der Waals surface area contributed by atoms with Gasteiger partial charge in [-0.1, -0.05) is 50.2 Å². The molecule has 1 aromatic heterocycles. The van der Waals surface area contributed by atoms with Gasteiger partial charge in [-0.2, -0.15) is 0 Å². The fraction of sp³-hybridized carbons (Fsp3) is 0.567. The van der Waals surface area contributed by atoms with Gasteiger partial charge in [-0.3, -0.25) is 4.79 Å². The molecule has 7 nitrogen and oxygen atoms in total. The molecule has 3 N–H and O–H groups in total. The van der Waals surface area contributed by atoms with Crippen LogP contribution in [0.2, 0.25) is 0 Å².